The Morgan fingerprint density at radius 3 is 2.50 bits per heavy atom. The number of methoxy groups -OCH3 is 1. The maximum atomic E-state index is 12.6. The van der Waals surface area contributed by atoms with E-state index in [-0.39, 0.29) is 31.2 Å². The summed E-state index contributed by atoms with van der Waals surface area (Å²) in [7, 11) is 1.65. The average Bonchev–Trinajstić information content (AvgIpc) is 2.82. The number of ether oxygens (including phenoxy) is 2. The van der Waals surface area contributed by atoms with Crippen LogP contribution < -0.4 is 10.5 Å². The van der Waals surface area contributed by atoms with Crippen LogP contribution in [-0.2, 0) is 32.9 Å². The molecule has 0 heterocycles. The van der Waals surface area contributed by atoms with Crippen LogP contribution in [0.4, 0.5) is 0 Å². The number of benzene rings is 2. The summed E-state index contributed by atoms with van der Waals surface area (Å²) in [5.41, 5.74) is 8.89. The highest BCUT2D eigenvalue weighted by Crippen LogP contribution is 2.41. The molecule has 0 fully saturated rings. The second-order valence-corrected chi connectivity index (χ2v) is 8.59. The van der Waals surface area contributed by atoms with Crippen LogP contribution in [0.2, 0.25) is 0 Å². The molecule has 0 aliphatic heterocycles. The van der Waals surface area contributed by atoms with Crippen LogP contribution in [0.15, 0.2) is 59.7 Å². The van der Waals surface area contributed by atoms with Crippen molar-refractivity contribution >= 4 is 11.9 Å². The molecule has 0 saturated carbocycles. The van der Waals surface area contributed by atoms with Crippen molar-refractivity contribution in [1.82, 2.24) is 0 Å². The Bertz CT molecular complexity index is 1170. The number of nitrogens with two attached hydrogens (primary N) is 1. The molecule has 180 valence electrons. The van der Waals surface area contributed by atoms with E-state index >= 15 is 0 Å². The predicted octanol–water partition coefficient (Wildman–Crippen LogP) is 4.42. The third kappa shape index (κ3) is 4.76. The molecule has 7 nitrogen and oxygen atoms in total. The van der Waals surface area contributed by atoms with Crippen molar-refractivity contribution in [3.8, 4) is 5.75 Å². The summed E-state index contributed by atoms with van der Waals surface area (Å²) in [5, 5.41) is 20.0. The summed E-state index contributed by atoms with van der Waals surface area (Å²) in [6.45, 7) is 5.85. The van der Waals surface area contributed by atoms with Crippen molar-refractivity contribution in [2.45, 2.75) is 51.9 Å². The van der Waals surface area contributed by atoms with E-state index in [1.165, 1.54) is 0 Å². The van der Waals surface area contributed by atoms with Gasteiger partial charge in [0, 0.05) is 25.6 Å². The lowest BCUT2D eigenvalue weighted by Gasteiger charge is -2.33. The summed E-state index contributed by atoms with van der Waals surface area (Å²) in [6, 6.07) is 11.1. The monoisotopic (exact) mass is 465 g/mol. The molecule has 34 heavy (non-hydrogen) atoms. The van der Waals surface area contributed by atoms with Gasteiger partial charge in [-0.2, -0.15) is 0 Å². The first-order valence-corrected chi connectivity index (χ1v) is 11.1. The first-order chi connectivity index (χ1) is 16.1. The van der Waals surface area contributed by atoms with Crippen LogP contribution in [0, 0.1) is 6.92 Å². The van der Waals surface area contributed by atoms with Crippen LogP contribution in [0.1, 0.15) is 54.2 Å². The lowest BCUT2D eigenvalue weighted by molar-refractivity contribution is -0.142. The maximum Gasteiger partial charge on any atom is 0.331 e. The number of carboxylic acid groups (broad SMARTS) is 2. The number of allylic oxidation sites excluding steroid dienone is 2. The van der Waals surface area contributed by atoms with E-state index in [4.69, 9.17) is 15.2 Å². The Balaban J connectivity index is 2.03. The fourth-order valence-corrected chi connectivity index (χ4v) is 4.32. The predicted molar refractivity (Wildman–Crippen MR) is 129 cm³/mol. The summed E-state index contributed by atoms with van der Waals surface area (Å²) >= 11 is 0. The van der Waals surface area contributed by atoms with Gasteiger partial charge in [0.2, 0.25) is 0 Å². The standard InChI is InChI=1S/C27H31NO6/c1-16-10-11-27(26(31)32,13-21(16)25(29)30)23-7-5-6-20(14-28)22(23)15-34-24-9-8-19(12-17(24)2)18(3)33-4/h5-12,18H,13-15,28H2,1-4H3,(H,29,30)(H,31,32). The molecule has 1 aliphatic rings. The first kappa shape index (κ1) is 25.2. The second kappa shape index (κ2) is 10.2. The van der Waals surface area contributed by atoms with Crippen molar-refractivity contribution < 1.29 is 29.3 Å². The zero-order chi connectivity index (χ0) is 25.0. The number of carbonyl (C=O) groups is 2. The van der Waals surface area contributed by atoms with Crippen LogP contribution in [0.25, 0.3) is 0 Å². The molecule has 4 N–H and O–H groups in total. The Morgan fingerprint density at radius 2 is 1.91 bits per heavy atom. The molecule has 7 heteroatoms. The first-order valence-electron chi connectivity index (χ1n) is 11.1. The van der Waals surface area contributed by atoms with Crippen LogP contribution in [0.3, 0.4) is 0 Å². The van der Waals surface area contributed by atoms with Crippen LogP contribution in [-0.4, -0.2) is 29.3 Å². The van der Waals surface area contributed by atoms with E-state index in [0.717, 1.165) is 16.7 Å². The fraction of sp³-hybridized carbons (Fsp3) is 0.333. The fourth-order valence-electron chi connectivity index (χ4n) is 4.32. The molecular weight excluding hydrogens is 434 g/mol. The lowest BCUT2D eigenvalue weighted by atomic mass is 9.69. The van der Waals surface area contributed by atoms with Crippen LogP contribution in [0.5, 0.6) is 5.75 Å². The number of hydrogen-bond donors (Lipinski definition) is 3. The zero-order valence-corrected chi connectivity index (χ0v) is 19.9. The number of hydrogen-bond acceptors (Lipinski definition) is 5. The quantitative estimate of drug-likeness (QED) is 0.501. The minimum absolute atomic E-state index is 0.0502. The number of aryl methyl sites for hydroxylation is 1. The van der Waals surface area contributed by atoms with Gasteiger partial charge in [-0.25, -0.2) is 4.79 Å². The van der Waals surface area contributed by atoms with Gasteiger partial charge < -0.3 is 25.4 Å². The molecule has 3 rings (SSSR count). The highest BCUT2D eigenvalue weighted by atomic mass is 16.5. The van der Waals surface area contributed by atoms with Crippen molar-refractivity contribution in [3.05, 3.63) is 87.5 Å². The zero-order valence-electron chi connectivity index (χ0n) is 19.9. The third-order valence-corrected chi connectivity index (χ3v) is 6.56. The minimum atomic E-state index is -1.54. The van der Waals surface area contributed by atoms with E-state index in [2.05, 4.69) is 0 Å². The molecule has 2 atom stereocenters. The Hall–Kier alpha value is -3.42. The number of rotatable bonds is 9. The molecule has 0 saturated heterocycles. The number of carboxylic acids is 2. The summed E-state index contributed by atoms with van der Waals surface area (Å²) in [4.78, 5) is 24.4. The van der Waals surface area contributed by atoms with E-state index in [1.54, 1.807) is 38.3 Å². The number of aliphatic carboxylic acids is 2. The molecule has 0 radical (unpaired) electrons. The largest absolute Gasteiger partial charge is 0.489 e. The van der Waals surface area contributed by atoms with E-state index < -0.39 is 17.4 Å². The topological polar surface area (TPSA) is 119 Å². The van der Waals surface area contributed by atoms with Gasteiger partial charge in [0.05, 0.1) is 6.10 Å². The van der Waals surface area contributed by atoms with E-state index in [1.807, 2.05) is 38.1 Å². The van der Waals surface area contributed by atoms with Crippen molar-refractivity contribution in [1.29, 1.82) is 0 Å². The van der Waals surface area contributed by atoms with Crippen molar-refractivity contribution in [3.63, 3.8) is 0 Å². The van der Waals surface area contributed by atoms with Crippen molar-refractivity contribution in [2.75, 3.05) is 7.11 Å². The maximum absolute atomic E-state index is 12.6. The average molecular weight is 466 g/mol. The van der Waals surface area contributed by atoms with E-state index in [0.29, 0.717) is 22.4 Å². The van der Waals surface area contributed by atoms with Gasteiger partial charge in [0.15, 0.2) is 0 Å². The van der Waals surface area contributed by atoms with Gasteiger partial charge in [0.1, 0.15) is 17.8 Å². The van der Waals surface area contributed by atoms with Gasteiger partial charge in [0.25, 0.3) is 0 Å². The smallest absolute Gasteiger partial charge is 0.331 e. The molecular formula is C27H31NO6. The van der Waals surface area contributed by atoms with Gasteiger partial charge in [-0.3, -0.25) is 4.79 Å². The molecule has 0 spiro atoms. The highest BCUT2D eigenvalue weighted by Gasteiger charge is 2.44. The second-order valence-electron chi connectivity index (χ2n) is 8.59. The van der Waals surface area contributed by atoms with Gasteiger partial charge in [-0.1, -0.05) is 36.4 Å². The Morgan fingerprint density at radius 1 is 1.18 bits per heavy atom. The Labute approximate surface area is 199 Å². The molecule has 0 aromatic heterocycles. The SMILES string of the molecule is COC(C)c1ccc(OCc2c(CN)cccc2C2(C(=O)O)C=CC(C)=C(C(=O)O)C2)c(C)c1. The van der Waals surface area contributed by atoms with Gasteiger partial charge in [-0.15, -0.1) is 0 Å². The highest BCUT2D eigenvalue weighted by molar-refractivity contribution is 5.94. The van der Waals surface area contributed by atoms with Crippen LogP contribution >= 0.6 is 0 Å². The molecule has 2 aromatic carbocycles. The van der Waals surface area contributed by atoms with Crippen molar-refractivity contribution in [2.24, 2.45) is 5.73 Å². The summed E-state index contributed by atoms with van der Waals surface area (Å²) in [6.07, 6.45) is 2.93. The van der Waals surface area contributed by atoms with E-state index in [9.17, 15) is 19.8 Å². The minimum Gasteiger partial charge on any atom is -0.489 e. The Kier molecular flexibility index (Phi) is 7.59. The molecule has 1 aliphatic carbocycles. The lowest BCUT2D eigenvalue weighted by Crippen LogP contribution is -2.38. The molecule has 2 unspecified atom stereocenters. The van der Waals surface area contributed by atoms with Gasteiger partial charge >= 0.3 is 11.9 Å². The molecule has 0 bridgehead atoms. The normalized spacial score (nSPS) is 18.6. The third-order valence-electron chi connectivity index (χ3n) is 6.56. The molecule has 2 aromatic rings. The van der Waals surface area contributed by atoms with Gasteiger partial charge in [-0.05, 0) is 66.3 Å². The summed E-state index contributed by atoms with van der Waals surface area (Å²) in [5.74, 6) is -1.59. The summed E-state index contributed by atoms with van der Waals surface area (Å²) < 4.78 is 11.5. The molecule has 0 amide bonds.